The van der Waals surface area contributed by atoms with Gasteiger partial charge in [-0.25, -0.2) is 0 Å². The Morgan fingerprint density at radius 3 is 2.90 bits per heavy atom. The molecule has 1 aromatic carbocycles. The first kappa shape index (κ1) is 13.8. The molecule has 0 atom stereocenters. The second-order valence-electron chi connectivity index (χ2n) is 4.23. The summed E-state index contributed by atoms with van der Waals surface area (Å²) in [6, 6.07) is 9.02. The van der Waals surface area contributed by atoms with Crippen LogP contribution in [0, 0.1) is 18.8 Å². The highest BCUT2D eigenvalue weighted by Gasteiger charge is 2.06. The maximum Gasteiger partial charge on any atom is 0.257 e. The lowest BCUT2D eigenvalue weighted by Gasteiger charge is -2.07. The maximum atomic E-state index is 12.0. The van der Waals surface area contributed by atoms with E-state index in [1.807, 2.05) is 25.1 Å². The van der Waals surface area contributed by atoms with Crippen LogP contribution in [0.5, 0.6) is 0 Å². The summed E-state index contributed by atoms with van der Waals surface area (Å²) >= 11 is 0. The molecule has 20 heavy (non-hydrogen) atoms. The molecule has 0 aliphatic carbocycles. The van der Waals surface area contributed by atoms with Crippen molar-refractivity contribution < 1.29 is 4.79 Å². The molecule has 2 rings (SSSR count). The zero-order valence-electron chi connectivity index (χ0n) is 11.2. The highest BCUT2D eigenvalue weighted by atomic mass is 16.1. The largest absolute Gasteiger partial charge is 0.322 e. The molecule has 0 radical (unpaired) electrons. The van der Waals surface area contributed by atoms with Gasteiger partial charge in [-0.1, -0.05) is 11.8 Å². The smallest absolute Gasteiger partial charge is 0.257 e. The van der Waals surface area contributed by atoms with E-state index in [0.29, 0.717) is 12.1 Å². The fourth-order valence-corrected chi connectivity index (χ4v) is 1.73. The van der Waals surface area contributed by atoms with E-state index in [-0.39, 0.29) is 5.91 Å². The van der Waals surface area contributed by atoms with Crippen LogP contribution in [0.3, 0.4) is 0 Å². The first-order chi connectivity index (χ1) is 9.70. The van der Waals surface area contributed by atoms with Crippen molar-refractivity contribution in [3.8, 4) is 11.8 Å². The number of nitrogens with two attached hydrogens (primary N) is 1. The van der Waals surface area contributed by atoms with Gasteiger partial charge in [0.15, 0.2) is 0 Å². The molecule has 0 aliphatic rings. The molecule has 2 aromatic rings. The van der Waals surface area contributed by atoms with Gasteiger partial charge in [0.05, 0.1) is 12.1 Å². The zero-order chi connectivity index (χ0) is 14.4. The number of nitrogens with zero attached hydrogens (tertiary/aromatic N) is 1. The molecule has 100 valence electrons. The number of carbonyl (C=O) groups excluding carboxylic acids is 1. The van der Waals surface area contributed by atoms with E-state index in [2.05, 4.69) is 22.1 Å². The highest BCUT2D eigenvalue weighted by molar-refractivity contribution is 6.04. The van der Waals surface area contributed by atoms with Gasteiger partial charge in [-0.3, -0.25) is 9.78 Å². The summed E-state index contributed by atoms with van der Waals surface area (Å²) in [4.78, 5) is 15.9. The third kappa shape index (κ3) is 3.44. The van der Waals surface area contributed by atoms with Gasteiger partial charge in [-0.05, 0) is 42.8 Å². The van der Waals surface area contributed by atoms with E-state index in [1.165, 1.54) is 6.20 Å². The molecule has 1 amide bonds. The van der Waals surface area contributed by atoms with E-state index in [9.17, 15) is 4.79 Å². The monoisotopic (exact) mass is 265 g/mol. The average molecular weight is 265 g/mol. The number of nitrogens with one attached hydrogen (secondary N) is 1. The molecular weight excluding hydrogens is 250 g/mol. The molecule has 0 saturated heterocycles. The number of carbonyl (C=O) groups is 1. The predicted octanol–water partition coefficient (Wildman–Crippen LogP) is 1.95. The molecule has 3 N–H and O–H groups in total. The fraction of sp³-hybridized carbons (Fsp3) is 0.125. The van der Waals surface area contributed by atoms with E-state index >= 15 is 0 Å². The maximum absolute atomic E-state index is 12.0. The summed E-state index contributed by atoms with van der Waals surface area (Å²) in [6.45, 7) is 2.28. The normalized spacial score (nSPS) is 9.50. The molecule has 4 heteroatoms. The van der Waals surface area contributed by atoms with Gasteiger partial charge < -0.3 is 11.1 Å². The highest BCUT2D eigenvalue weighted by Crippen LogP contribution is 2.15. The first-order valence-corrected chi connectivity index (χ1v) is 6.21. The Bertz CT molecular complexity index is 669. The van der Waals surface area contributed by atoms with Gasteiger partial charge in [0.2, 0.25) is 0 Å². The molecule has 4 nitrogen and oxygen atoms in total. The van der Waals surface area contributed by atoms with Gasteiger partial charge in [0, 0.05) is 23.6 Å². The van der Waals surface area contributed by atoms with Crippen LogP contribution in [-0.2, 0) is 0 Å². The quantitative estimate of drug-likeness (QED) is 0.815. The topological polar surface area (TPSA) is 68.0 Å². The van der Waals surface area contributed by atoms with Crippen LogP contribution in [0.1, 0.15) is 21.5 Å². The summed E-state index contributed by atoms with van der Waals surface area (Å²) in [5, 5.41) is 2.83. The van der Waals surface area contributed by atoms with Crippen molar-refractivity contribution in [2.75, 3.05) is 11.9 Å². The van der Waals surface area contributed by atoms with Crippen LogP contribution in [0.15, 0.2) is 42.7 Å². The number of benzene rings is 1. The van der Waals surface area contributed by atoms with Gasteiger partial charge >= 0.3 is 0 Å². The van der Waals surface area contributed by atoms with Crippen molar-refractivity contribution in [2.45, 2.75) is 6.92 Å². The SMILES string of the molecule is Cc1cc(NC(=O)c2cccnc2)ccc1C#CCN. The minimum absolute atomic E-state index is 0.182. The number of anilines is 1. The molecular formula is C16H15N3O. The molecule has 0 unspecified atom stereocenters. The number of amides is 1. The lowest BCUT2D eigenvalue weighted by Crippen LogP contribution is -2.12. The van der Waals surface area contributed by atoms with Crippen molar-refractivity contribution in [2.24, 2.45) is 5.73 Å². The Morgan fingerprint density at radius 1 is 1.40 bits per heavy atom. The molecule has 0 spiro atoms. The number of aromatic nitrogens is 1. The number of aryl methyl sites for hydroxylation is 1. The van der Waals surface area contributed by atoms with E-state index in [0.717, 1.165) is 16.8 Å². The van der Waals surface area contributed by atoms with Gasteiger partial charge in [0.1, 0.15) is 0 Å². The number of hydrogen-bond acceptors (Lipinski definition) is 3. The molecule has 0 saturated carbocycles. The molecule has 0 fully saturated rings. The van der Waals surface area contributed by atoms with Gasteiger partial charge in [-0.15, -0.1) is 0 Å². The molecule has 0 aliphatic heterocycles. The third-order valence-corrected chi connectivity index (χ3v) is 2.73. The van der Waals surface area contributed by atoms with Crippen molar-refractivity contribution in [3.63, 3.8) is 0 Å². The standard InChI is InChI=1S/C16H15N3O/c1-12-10-15(7-6-13(12)4-2-8-17)19-16(20)14-5-3-9-18-11-14/h3,5-7,9-11H,8,17H2,1H3,(H,19,20). The average Bonchev–Trinajstić information content (AvgIpc) is 2.47. The molecule has 0 bridgehead atoms. The van der Waals surface area contributed by atoms with E-state index in [1.54, 1.807) is 18.3 Å². The Kier molecular flexibility index (Phi) is 4.48. The van der Waals surface area contributed by atoms with Crippen LogP contribution < -0.4 is 11.1 Å². The minimum Gasteiger partial charge on any atom is -0.322 e. The van der Waals surface area contributed by atoms with Crippen LogP contribution in [0.4, 0.5) is 5.69 Å². The summed E-state index contributed by atoms with van der Waals surface area (Å²) in [6.07, 6.45) is 3.16. The second-order valence-corrected chi connectivity index (χ2v) is 4.23. The summed E-state index contributed by atoms with van der Waals surface area (Å²) < 4.78 is 0. The van der Waals surface area contributed by atoms with Crippen molar-refractivity contribution in [1.29, 1.82) is 0 Å². The lowest BCUT2D eigenvalue weighted by molar-refractivity contribution is 0.102. The molecule has 1 heterocycles. The van der Waals surface area contributed by atoms with Crippen molar-refractivity contribution >= 4 is 11.6 Å². The lowest BCUT2D eigenvalue weighted by atomic mass is 10.1. The fourth-order valence-electron chi connectivity index (χ4n) is 1.73. The number of hydrogen-bond donors (Lipinski definition) is 2. The molecule has 1 aromatic heterocycles. The first-order valence-electron chi connectivity index (χ1n) is 6.21. The van der Waals surface area contributed by atoms with E-state index in [4.69, 9.17) is 5.73 Å². The predicted molar refractivity (Wildman–Crippen MR) is 79.3 cm³/mol. The summed E-state index contributed by atoms with van der Waals surface area (Å²) in [7, 11) is 0. The van der Waals surface area contributed by atoms with Crippen molar-refractivity contribution in [3.05, 3.63) is 59.4 Å². The Hall–Kier alpha value is -2.64. The number of rotatable bonds is 2. The minimum atomic E-state index is -0.182. The number of pyridine rings is 1. The van der Waals surface area contributed by atoms with Gasteiger partial charge in [0.25, 0.3) is 5.91 Å². The van der Waals surface area contributed by atoms with Crippen LogP contribution in [0.2, 0.25) is 0 Å². The van der Waals surface area contributed by atoms with Crippen molar-refractivity contribution in [1.82, 2.24) is 4.98 Å². The van der Waals surface area contributed by atoms with Gasteiger partial charge in [-0.2, -0.15) is 0 Å². The summed E-state index contributed by atoms with van der Waals surface area (Å²) in [5.74, 6) is 5.62. The zero-order valence-corrected chi connectivity index (χ0v) is 11.2. The Balaban J connectivity index is 2.15. The Labute approximate surface area is 118 Å². The second kappa shape index (κ2) is 6.50. The van der Waals surface area contributed by atoms with Crippen LogP contribution in [0.25, 0.3) is 0 Å². The summed E-state index contributed by atoms with van der Waals surface area (Å²) in [5.41, 5.74) is 8.51. The van der Waals surface area contributed by atoms with E-state index < -0.39 is 0 Å². The third-order valence-electron chi connectivity index (χ3n) is 2.73. The Morgan fingerprint density at radius 2 is 2.25 bits per heavy atom. The van der Waals surface area contributed by atoms with Crippen LogP contribution >= 0.6 is 0 Å². The van der Waals surface area contributed by atoms with Crippen LogP contribution in [-0.4, -0.2) is 17.4 Å².